The number of fused-ring (bicyclic) bond motifs is 1. The van der Waals surface area contributed by atoms with Gasteiger partial charge in [0.1, 0.15) is 0 Å². The van der Waals surface area contributed by atoms with Crippen molar-refractivity contribution in [2.75, 3.05) is 5.32 Å². The van der Waals surface area contributed by atoms with E-state index in [1.54, 1.807) is 4.52 Å². The first-order valence-electron chi connectivity index (χ1n) is 8.09. The number of nitrogens with zero attached hydrogens (tertiary/aromatic N) is 4. The highest BCUT2D eigenvalue weighted by molar-refractivity contribution is 7.15. The molecule has 4 aromatic rings. The molecule has 1 amide bonds. The average Bonchev–Trinajstić information content (AvgIpc) is 3.21. The predicted octanol–water partition coefficient (Wildman–Crippen LogP) is 1.34. The van der Waals surface area contributed by atoms with Gasteiger partial charge in [-0.1, -0.05) is 30.3 Å². The van der Waals surface area contributed by atoms with Gasteiger partial charge in [0.25, 0.3) is 5.56 Å². The van der Waals surface area contributed by atoms with Crippen molar-refractivity contribution in [2.24, 2.45) is 0 Å². The van der Waals surface area contributed by atoms with Crippen LogP contribution in [0.15, 0.2) is 57.6 Å². The molecule has 3 aromatic heterocycles. The second-order valence-electron chi connectivity index (χ2n) is 5.72. The molecule has 0 aliphatic heterocycles. The third-order valence-electron chi connectivity index (χ3n) is 3.88. The van der Waals surface area contributed by atoms with E-state index in [-0.39, 0.29) is 24.8 Å². The fraction of sp³-hybridized carbons (Fsp3) is 0.118. The monoisotopic (exact) mass is 382 g/mol. The summed E-state index contributed by atoms with van der Waals surface area (Å²) >= 11 is 1.43. The van der Waals surface area contributed by atoms with E-state index in [2.05, 4.69) is 20.4 Å². The molecule has 9 nitrogen and oxygen atoms in total. The summed E-state index contributed by atoms with van der Waals surface area (Å²) in [6, 6.07) is 11.0. The molecule has 0 saturated heterocycles. The Morgan fingerprint density at radius 1 is 1.19 bits per heavy atom. The maximum absolute atomic E-state index is 12.1. The molecule has 0 saturated carbocycles. The Kier molecular flexibility index (Phi) is 4.38. The molecule has 0 spiro atoms. The summed E-state index contributed by atoms with van der Waals surface area (Å²) in [5.74, 6) is -0.120. The minimum atomic E-state index is -0.552. The van der Waals surface area contributed by atoms with E-state index < -0.39 is 11.2 Å². The molecule has 0 unspecified atom stereocenters. The average molecular weight is 382 g/mol. The number of hydrogen-bond acceptors (Lipinski definition) is 6. The smallest absolute Gasteiger partial charge is 0.300 e. The Bertz CT molecular complexity index is 1220. The number of anilines is 1. The summed E-state index contributed by atoms with van der Waals surface area (Å²) in [6.45, 7) is 0.138. The van der Waals surface area contributed by atoms with E-state index in [0.717, 1.165) is 11.3 Å². The number of thiazole rings is 1. The normalized spacial score (nSPS) is 11.0. The van der Waals surface area contributed by atoms with Crippen LogP contribution < -0.4 is 16.6 Å². The number of benzene rings is 1. The molecule has 3 heterocycles. The summed E-state index contributed by atoms with van der Waals surface area (Å²) in [4.78, 5) is 41.9. The molecule has 10 heteroatoms. The SMILES string of the molecule is O=C(CCn1ccc(=O)[nH]c1=O)Nc1nc2scc(-c3ccccc3)n2n1. The number of aryl methyl sites for hydroxylation is 1. The highest BCUT2D eigenvalue weighted by Crippen LogP contribution is 2.25. The summed E-state index contributed by atoms with van der Waals surface area (Å²) in [5.41, 5.74) is 0.869. The van der Waals surface area contributed by atoms with Crippen LogP contribution in [0.25, 0.3) is 16.2 Å². The van der Waals surface area contributed by atoms with Gasteiger partial charge in [0, 0.05) is 36.2 Å². The number of aromatic amines is 1. The molecule has 2 N–H and O–H groups in total. The van der Waals surface area contributed by atoms with Crippen molar-refractivity contribution in [3.05, 3.63) is 68.8 Å². The van der Waals surface area contributed by atoms with Crippen molar-refractivity contribution in [3.63, 3.8) is 0 Å². The van der Waals surface area contributed by atoms with Gasteiger partial charge in [0.05, 0.1) is 5.69 Å². The van der Waals surface area contributed by atoms with E-state index in [4.69, 9.17) is 0 Å². The van der Waals surface area contributed by atoms with Crippen molar-refractivity contribution in [1.82, 2.24) is 24.1 Å². The zero-order valence-electron chi connectivity index (χ0n) is 14.0. The van der Waals surface area contributed by atoms with Crippen LogP contribution in [-0.2, 0) is 11.3 Å². The first-order chi connectivity index (χ1) is 13.1. The number of amides is 1. The van der Waals surface area contributed by atoms with Crippen LogP contribution in [0.5, 0.6) is 0 Å². The van der Waals surface area contributed by atoms with Gasteiger partial charge >= 0.3 is 5.69 Å². The van der Waals surface area contributed by atoms with E-state index in [9.17, 15) is 14.4 Å². The third-order valence-corrected chi connectivity index (χ3v) is 4.70. The fourth-order valence-electron chi connectivity index (χ4n) is 2.57. The molecule has 0 aliphatic carbocycles. The molecule has 0 radical (unpaired) electrons. The van der Waals surface area contributed by atoms with Gasteiger partial charge in [0.2, 0.25) is 16.8 Å². The Morgan fingerprint density at radius 2 is 2.00 bits per heavy atom. The van der Waals surface area contributed by atoms with Gasteiger partial charge in [-0.25, -0.2) is 9.31 Å². The maximum atomic E-state index is 12.1. The van der Waals surface area contributed by atoms with Gasteiger partial charge < -0.3 is 4.57 Å². The number of H-pyrrole nitrogens is 1. The molecule has 0 aliphatic rings. The van der Waals surface area contributed by atoms with Crippen LogP contribution in [0.3, 0.4) is 0 Å². The van der Waals surface area contributed by atoms with Crippen LogP contribution in [0, 0.1) is 0 Å². The number of carbonyl (C=O) groups is 1. The highest BCUT2D eigenvalue weighted by atomic mass is 32.1. The number of hydrogen-bond donors (Lipinski definition) is 2. The van der Waals surface area contributed by atoms with E-state index in [0.29, 0.717) is 4.96 Å². The van der Waals surface area contributed by atoms with Crippen molar-refractivity contribution >= 4 is 28.2 Å². The lowest BCUT2D eigenvalue weighted by Crippen LogP contribution is -2.29. The van der Waals surface area contributed by atoms with Crippen LogP contribution in [0.2, 0.25) is 0 Å². The molecule has 1 aromatic carbocycles. The second kappa shape index (κ2) is 7.00. The Balaban J connectivity index is 1.47. The molecule has 0 atom stereocenters. The number of aromatic nitrogens is 5. The zero-order chi connectivity index (χ0) is 18.8. The lowest BCUT2D eigenvalue weighted by molar-refractivity contribution is -0.116. The molecule has 0 bridgehead atoms. The molecule has 136 valence electrons. The topological polar surface area (TPSA) is 114 Å². The summed E-state index contributed by atoms with van der Waals surface area (Å²) in [7, 11) is 0. The predicted molar refractivity (Wildman–Crippen MR) is 101 cm³/mol. The van der Waals surface area contributed by atoms with Gasteiger partial charge in [-0.15, -0.1) is 16.4 Å². The van der Waals surface area contributed by atoms with Crippen molar-refractivity contribution in [3.8, 4) is 11.3 Å². The van der Waals surface area contributed by atoms with Crippen molar-refractivity contribution in [2.45, 2.75) is 13.0 Å². The lowest BCUT2D eigenvalue weighted by atomic mass is 10.2. The van der Waals surface area contributed by atoms with Crippen LogP contribution in [0.1, 0.15) is 6.42 Å². The first-order valence-corrected chi connectivity index (χ1v) is 8.97. The number of carbonyl (C=O) groups excluding carboxylic acids is 1. The van der Waals surface area contributed by atoms with E-state index in [1.807, 2.05) is 35.7 Å². The van der Waals surface area contributed by atoms with Gasteiger partial charge in [-0.05, 0) is 0 Å². The summed E-state index contributed by atoms with van der Waals surface area (Å²) in [5, 5.41) is 8.93. The molecule has 27 heavy (non-hydrogen) atoms. The second-order valence-corrected chi connectivity index (χ2v) is 6.56. The van der Waals surface area contributed by atoms with Crippen LogP contribution >= 0.6 is 11.3 Å². The highest BCUT2D eigenvalue weighted by Gasteiger charge is 2.13. The number of rotatable bonds is 5. The Morgan fingerprint density at radius 3 is 2.78 bits per heavy atom. The maximum Gasteiger partial charge on any atom is 0.328 e. The molecular formula is C17H14N6O3S. The molecule has 0 fully saturated rings. The van der Waals surface area contributed by atoms with Gasteiger partial charge in [-0.3, -0.25) is 19.9 Å². The van der Waals surface area contributed by atoms with E-state index in [1.165, 1.54) is 28.2 Å². The Hall–Kier alpha value is -3.53. The quantitative estimate of drug-likeness (QED) is 0.541. The zero-order valence-corrected chi connectivity index (χ0v) is 14.8. The molecular weight excluding hydrogens is 368 g/mol. The molecule has 4 rings (SSSR count). The van der Waals surface area contributed by atoms with Crippen molar-refractivity contribution < 1.29 is 4.79 Å². The minimum Gasteiger partial charge on any atom is -0.300 e. The largest absolute Gasteiger partial charge is 0.328 e. The third kappa shape index (κ3) is 3.55. The fourth-order valence-corrected chi connectivity index (χ4v) is 3.40. The summed E-state index contributed by atoms with van der Waals surface area (Å²) in [6.07, 6.45) is 1.40. The first kappa shape index (κ1) is 16.9. The van der Waals surface area contributed by atoms with Gasteiger partial charge in [-0.2, -0.15) is 4.98 Å². The Labute approximate surface area is 155 Å². The van der Waals surface area contributed by atoms with Crippen molar-refractivity contribution in [1.29, 1.82) is 0 Å². The summed E-state index contributed by atoms with van der Waals surface area (Å²) < 4.78 is 2.94. The lowest BCUT2D eigenvalue weighted by Gasteiger charge is -2.04. The minimum absolute atomic E-state index is 0.0460. The standard InChI is InChI=1S/C17H14N6O3S/c24-13(6-8-22-9-7-14(25)19-16(22)26)18-15-20-17-23(21-15)12(10-27-17)11-4-2-1-3-5-11/h1-5,7,9-10H,6,8H2,(H,18,21,24)(H,19,25,26). The van der Waals surface area contributed by atoms with Gasteiger partial charge in [0.15, 0.2) is 0 Å². The van der Waals surface area contributed by atoms with E-state index >= 15 is 0 Å². The number of nitrogens with one attached hydrogen (secondary N) is 2. The van der Waals surface area contributed by atoms with Crippen LogP contribution in [0.4, 0.5) is 5.95 Å². The van der Waals surface area contributed by atoms with Crippen LogP contribution in [-0.4, -0.2) is 30.1 Å².